The summed E-state index contributed by atoms with van der Waals surface area (Å²) in [5, 5.41) is 7.01. The molecule has 1 fully saturated rings. The van der Waals surface area contributed by atoms with E-state index in [-0.39, 0.29) is 11.9 Å². The van der Waals surface area contributed by atoms with E-state index in [0.29, 0.717) is 17.3 Å². The molecule has 1 saturated carbocycles. The van der Waals surface area contributed by atoms with Gasteiger partial charge in [0.1, 0.15) is 5.00 Å². The van der Waals surface area contributed by atoms with Crippen LogP contribution in [0.2, 0.25) is 0 Å². The normalized spacial score (nSPS) is 17.8. The van der Waals surface area contributed by atoms with Crippen LogP contribution in [-0.2, 0) is 4.79 Å². The Labute approximate surface area is 85.9 Å². The van der Waals surface area contributed by atoms with Crippen LogP contribution in [0.5, 0.6) is 0 Å². The van der Waals surface area contributed by atoms with Gasteiger partial charge in [0.15, 0.2) is 0 Å². The molecule has 0 radical (unpaired) electrons. The van der Waals surface area contributed by atoms with Crippen molar-refractivity contribution in [1.29, 1.82) is 0 Å². The average molecular weight is 212 g/mol. The van der Waals surface area contributed by atoms with Gasteiger partial charge in [0.2, 0.25) is 5.91 Å². The van der Waals surface area contributed by atoms with Gasteiger partial charge in [-0.05, 0) is 18.8 Å². The van der Waals surface area contributed by atoms with Crippen molar-refractivity contribution in [2.75, 3.05) is 5.32 Å². The molecule has 1 aliphatic carbocycles. The van der Waals surface area contributed by atoms with Crippen molar-refractivity contribution in [3.05, 3.63) is 6.20 Å². The molecule has 6 heteroatoms. The summed E-state index contributed by atoms with van der Waals surface area (Å²) in [6, 6.07) is 0.0101. The Kier molecular flexibility index (Phi) is 2.74. The number of carbonyl (C=O) groups excluding carboxylic acids is 1. The second-order valence-corrected chi connectivity index (χ2v) is 4.32. The van der Waals surface area contributed by atoms with Gasteiger partial charge < -0.3 is 11.1 Å². The first-order chi connectivity index (χ1) is 6.75. The van der Waals surface area contributed by atoms with Crippen molar-refractivity contribution in [2.45, 2.75) is 25.3 Å². The molecule has 1 heterocycles. The van der Waals surface area contributed by atoms with Crippen LogP contribution in [0.1, 0.15) is 19.3 Å². The number of amides is 1. The van der Waals surface area contributed by atoms with E-state index in [2.05, 4.69) is 14.9 Å². The lowest BCUT2D eigenvalue weighted by Gasteiger charge is -2.08. The minimum atomic E-state index is -0.0459. The van der Waals surface area contributed by atoms with E-state index < -0.39 is 0 Å². The Hall–Kier alpha value is -1.01. The molecule has 0 aromatic carbocycles. The van der Waals surface area contributed by atoms with E-state index in [1.54, 1.807) is 0 Å². The van der Waals surface area contributed by atoms with E-state index >= 15 is 0 Å². The van der Waals surface area contributed by atoms with Gasteiger partial charge in [0, 0.05) is 24.0 Å². The highest BCUT2D eigenvalue weighted by Gasteiger charge is 2.29. The zero-order valence-corrected chi connectivity index (χ0v) is 8.46. The second-order valence-electron chi connectivity index (χ2n) is 3.54. The van der Waals surface area contributed by atoms with Gasteiger partial charge in [0.05, 0.1) is 6.20 Å². The van der Waals surface area contributed by atoms with E-state index in [4.69, 9.17) is 5.73 Å². The van der Waals surface area contributed by atoms with Crippen LogP contribution in [0.25, 0.3) is 0 Å². The minimum Gasteiger partial charge on any atom is -0.327 e. The lowest BCUT2D eigenvalue weighted by Crippen LogP contribution is -2.28. The molecule has 0 aliphatic heterocycles. The van der Waals surface area contributed by atoms with E-state index in [9.17, 15) is 4.79 Å². The fourth-order valence-electron chi connectivity index (χ4n) is 1.32. The molecule has 1 atom stereocenters. The summed E-state index contributed by atoms with van der Waals surface area (Å²) in [5.41, 5.74) is 5.82. The highest BCUT2D eigenvalue weighted by atomic mass is 32.1. The number of hydrogen-bond donors (Lipinski definition) is 2. The van der Waals surface area contributed by atoms with Crippen LogP contribution in [0.3, 0.4) is 0 Å². The molecule has 1 amide bonds. The molecule has 0 saturated heterocycles. The third-order valence-electron chi connectivity index (χ3n) is 2.27. The summed E-state index contributed by atoms with van der Waals surface area (Å²) in [5.74, 6) is 0.510. The highest BCUT2D eigenvalue weighted by molar-refractivity contribution is 7.10. The predicted molar refractivity (Wildman–Crippen MR) is 53.9 cm³/mol. The number of aromatic nitrogens is 2. The van der Waals surface area contributed by atoms with Crippen molar-refractivity contribution < 1.29 is 4.79 Å². The number of hydrogen-bond acceptors (Lipinski definition) is 5. The topological polar surface area (TPSA) is 80.9 Å². The third kappa shape index (κ3) is 2.49. The van der Waals surface area contributed by atoms with Crippen LogP contribution < -0.4 is 11.1 Å². The van der Waals surface area contributed by atoms with Gasteiger partial charge in [0.25, 0.3) is 0 Å². The fourth-order valence-corrected chi connectivity index (χ4v) is 1.75. The molecular formula is C8H12N4OS. The lowest BCUT2D eigenvalue weighted by atomic mass is 10.1. The maximum Gasteiger partial charge on any atom is 0.226 e. The molecule has 2 rings (SSSR count). The highest BCUT2D eigenvalue weighted by Crippen LogP contribution is 2.32. The first-order valence-electron chi connectivity index (χ1n) is 4.58. The molecule has 1 aromatic rings. The van der Waals surface area contributed by atoms with Crippen molar-refractivity contribution in [3.8, 4) is 0 Å². The molecule has 1 aromatic heterocycles. The van der Waals surface area contributed by atoms with E-state index in [1.165, 1.54) is 17.7 Å². The second kappa shape index (κ2) is 4.02. The SMILES string of the molecule is NC(CC(=O)Nc1cnns1)C1CC1. The molecule has 76 valence electrons. The van der Waals surface area contributed by atoms with Crippen molar-refractivity contribution in [3.63, 3.8) is 0 Å². The molecule has 5 nitrogen and oxygen atoms in total. The van der Waals surface area contributed by atoms with Crippen molar-refractivity contribution >= 4 is 22.4 Å². The fraction of sp³-hybridized carbons (Fsp3) is 0.625. The standard InChI is InChI=1S/C8H12N4OS/c9-6(5-1-2-5)3-7(13)11-8-4-10-12-14-8/h4-6H,1-3,9H2,(H,11,13). The number of rotatable bonds is 4. The van der Waals surface area contributed by atoms with Crippen LogP contribution in [-0.4, -0.2) is 21.5 Å². The lowest BCUT2D eigenvalue weighted by molar-refractivity contribution is -0.116. The molecule has 0 bridgehead atoms. The van der Waals surface area contributed by atoms with Crippen LogP contribution >= 0.6 is 11.5 Å². The number of anilines is 1. The predicted octanol–water partition coefficient (Wildman–Crippen LogP) is 0.604. The van der Waals surface area contributed by atoms with E-state index in [1.807, 2.05) is 0 Å². The van der Waals surface area contributed by atoms with Crippen molar-refractivity contribution in [1.82, 2.24) is 9.59 Å². The summed E-state index contributed by atoms with van der Waals surface area (Å²) >= 11 is 1.17. The van der Waals surface area contributed by atoms with E-state index in [0.717, 1.165) is 12.8 Å². The number of carbonyl (C=O) groups is 1. The molecule has 3 N–H and O–H groups in total. The Morgan fingerprint density at radius 2 is 2.57 bits per heavy atom. The molecule has 1 aliphatic rings. The maximum absolute atomic E-state index is 11.4. The average Bonchev–Trinajstić information content (AvgIpc) is 2.87. The molecule has 1 unspecified atom stereocenters. The summed E-state index contributed by atoms with van der Waals surface area (Å²) < 4.78 is 3.65. The molecule has 14 heavy (non-hydrogen) atoms. The Balaban J connectivity index is 1.78. The number of nitrogens with two attached hydrogens (primary N) is 1. The largest absolute Gasteiger partial charge is 0.327 e. The number of nitrogens with one attached hydrogen (secondary N) is 1. The van der Waals surface area contributed by atoms with Crippen LogP contribution in [0.4, 0.5) is 5.00 Å². The zero-order chi connectivity index (χ0) is 9.97. The number of nitrogens with zero attached hydrogens (tertiary/aromatic N) is 2. The summed E-state index contributed by atoms with van der Waals surface area (Å²) in [6.07, 6.45) is 4.25. The Morgan fingerprint density at radius 1 is 1.79 bits per heavy atom. The zero-order valence-electron chi connectivity index (χ0n) is 7.64. The molecule has 0 spiro atoms. The molecular weight excluding hydrogens is 200 g/mol. The van der Waals surface area contributed by atoms with Gasteiger partial charge in [-0.3, -0.25) is 4.79 Å². The Morgan fingerprint density at radius 3 is 3.14 bits per heavy atom. The first-order valence-corrected chi connectivity index (χ1v) is 5.36. The van der Waals surface area contributed by atoms with Crippen LogP contribution in [0, 0.1) is 5.92 Å². The van der Waals surface area contributed by atoms with Gasteiger partial charge in [-0.1, -0.05) is 4.49 Å². The summed E-state index contributed by atoms with van der Waals surface area (Å²) in [4.78, 5) is 11.4. The quantitative estimate of drug-likeness (QED) is 0.766. The maximum atomic E-state index is 11.4. The van der Waals surface area contributed by atoms with Crippen LogP contribution in [0.15, 0.2) is 6.20 Å². The summed E-state index contributed by atoms with van der Waals surface area (Å²) in [6.45, 7) is 0. The van der Waals surface area contributed by atoms with Crippen molar-refractivity contribution in [2.24, 2.45) is 11.7 Å². The monoisotopic (exact) mass is 212 g/mol. The minimum absolute atomic E-state index is 0.0101. The Bertz CT molecular complexity index is 309. The summed E-state index contributed by atoms with van der Waals surface area (Å²) in [7, 11) is 0. The van der Waals surface area contributed by atoms with Gasteiger partial charge >= 0.3 is 0 Å². The van der Waals surface area contributed by atoms with Gasteiger partial charge in [-0.2, -0.15) is 0 Å². The van der Waals surface area contributed by atoms with Gasteiger partial charge in [-0.25, -0.2) is 0 Å². The first kappa shape index (κ1) is 9.54. The smallest absolute Gasteiger partial charge is 0.226 e. The van der Waals surface area contributed by atoms with Gasteiger partial charge in [-0.15, -0.1) is 5.10 Å². The third-order valence-corrected chi connectivity index (χ3v) is 2.85.